The Kier molecular flexibility index (Phi) is 7.28. The number of aromatic nitrogens is 2. The summed E-state index contributed by atoms with van der Waals surface area (Å²) < 4.78 is 12.8. The van der Waals surface area contributed by atoms with Crippen LogP contribution in [-0.2, 0) is 28.9 Å². The zero-order chi connectivity index (χ0) is 24.1. The van der Waals surface area contributed by atoms with E-state index < -0.39 is 0 Å². The van der Waals surface area contributed by atoms with Crippen molar-refractivity contribution in [1.29, 1.82) is 0 Å². The highest BCUT2D eigenvalue weighted by atomic mass is 16.5. The van der Waals surface area contributed by atoms with Gasteiger partial charge in [-0.2, -0.15) is 0 Å². The Morgan fingerprint density at radius 1 is 0.912 bits per heavy atom. The molecule has 0 fully saturated rings. The third kappa shape index (κ3) is 4.54. The maximum atomic E-state index is 13.8. The minimum Gasteiger partial charge on any atom is -0.497 e. The molecule has 0 aliphatic carbocycles. The molecule has 0 radical (unpaired) electrons. The Bertz CT molecular complexity index is 1260. The van der Waals surface area contributed by atoms with E-state index in [1.807, 2.05) is 53.1 Å². The van der Waals surface area contributed by atoms with Crippen LogP contribution >= 0.6 is 0 Å². The maximum Gasteiger partial charge on any atom is 0.248 e. The molecule has 4 aromatic rings. The number of carbonyl (C=O) groups is 1. The van der Waals surface area contributed by atoms with Crippen molar-refractivity contribution in [2.24, 2.45) is 0 Å². The van der Waals surface area contributed by atoms with Gasteiger partial charge >= 0.3 is 0 Å². The van der Waals surface area contributed by atoms with Crippen LogP contribution in [0.2, 0.25) is 0 Å². The number of benzene rings is 3. The number of methoxy groups -OCH3 is 2. The van der Waals surface area contributed by atoms with Crippen LogP contribution in [0.15, 0.2) is 66.7 Å². The van der Waals surface area contributed by atoms with Gasteiger partial charge in [0.05, 0.1) is 23.8 Å². The van der Waals surface area contributed by atoms with Gasteiger partial charge in [0.2, 0.25) is 5.91 Å². The van der Waals surface area contributed by atoms with E-state index in [2.05, 4.69) is 32.0 Å². The predicted molar refractivity (Wildman–Crippen MR) is 136 cm³/mol. The Hall–Kier alpha value is -3.64. The van der Waals surface area contributed by atoms with Crippen molar-refractivity contribution >= 4 is 22.6 Å². The number of amides is 1. The fourth-order valence-electron chi connectivity index (χ4n) is 4.37. The van der Waals surface area contributed by atoms with Crippen molar-refractivity contribution in [3.63, 3.8) is 0 Å². The number of fused-ring (bicyclic) bond motifs is 1. The average molecular weight is 458 g/mol. The average Bonchev–Trinajstić information content (AvgIpc) is 3.25. The monoisotopic (exact) mass is 457 g/mol. The second-order valence-corrected chi connectivity index (χ2v) is 8.11. The van der Waals surface area contributed by atoms with Crippen LogP contribution in [0.25, 0.3) is 22.4 Å². The molecule has 0 bridgehead atoms. The molecular formula is C28H31N3O3. The second kappa shape index (κ2) is 10.5. The van der Waals surface area contributed by atoms with Crippen LogP contribution in [0.3, 0.4) is 0 Å². The van der Waals surface area contributed by atoms with Crippen LogP contribution in [0.5, 0.6) is 5.75 Å². The lowest BCUT2D eigenvalue weighted by atomic mass is 10.0. The molecule has 0 aliphatic rings. The molecule has 0 N–H and O–H groups in total. The predicted octanol–water partition coefficient (Wildman–Crippen LogP) is 5.47. The van der Waals surface area contributed by atoms with Crippen molar-refractivity contribution < 1.29 is 14.3 Å². The molecule has 1 heterocycles. The van der Waals surface area contributed by atoms with Gasteiger partial charge in [0, 0.05) is 12.7 Å². The largest absolute Gasteiger partial charge is 0.497 e. The third-order valence-corrected chi connectivity index (χ3v) is 6.09. The summed E-state index contributed by atoms with van der Waals surface area (Å²) in [5.74, 6) is 1.47. The summed E-state index contributed by atoms with van der Waals surface area (Å²) in [6.07, 6.45) is 1.67. The Labute approximate surface area is 200 Å². The topological polar surface area (TPSA) is 56.6 Å². The highest BCUT2D eigenvalue weighted by molar-refractivity contribution is 5.96. The Morgan fingerprint density at radius 3 is 2.21 bits per heavy atom. The first-order valence-electron chi connectivity index (χ1n) is 11.6. The number of rotatable bonds is 9. The van der Waals surface area contributed by atoms with Gasteiger partial charge in [0.1, 0.15) is 24.8 Å². The summed E-state index contributed by atoms with van der Waals surface area (Å²) in [4.78, 5) is 20.5. The normalized spacial score (nSPS) is 11.1. The number of aryl methyl sites for hydroxylation is 2. The summed E-state index contributed by atoms with van der Waals surface area (Å²) in [7, 11) is 3.27. The zero-order valence-corrected chi connectivity index (χ0v) is 20.2. The van der Waals surface area contributed by atoms with Crippen LogP contribution in [0.4, 0.5) is 5.69 Å². The lowest BCUT2D eigenvalue weighted by Crippen LogP contribution is -2.37. The van der Waals surface area contributed by atoms with Crippen LogP contribution in [0, 0.1) is 0 Å². The molecule has 0 spiro atoms. The van der Waals surface area contributed by atoms with E-state index in [-0.39, 0.29) is 19.2 Å². The molecule has 3 aromatic carbocycles. The molecule has 4 rings (SSSR count). The molecule has 1 amide bonds. The fraction of sp³-hybridized carbons (Fsp3) is 0.286. The van der Waals surface area contributed by atoms with E-state index in [0.29, 0.717) is 0 Å². The number of ether oxygens (including phenoxy) is 2. The van der Waals surface area contributed by atoms with Gasteiger partial charge in [-0.05, 0) is 60.4 Å². The first-order chi connectivity index (χ1) is 16.6. The maximum absolute atomic E-state index is 13.8. The number of nitrogens with zero attached hydrogens (tertiary/aromatic N) is 3. The number of hydrogen-bond donors (Lipinski definition) is 0. The lowest BCUT2D eigenvalue weighted by Gasteiger charge is -2.27. The van der Waals surface area contributed by atoms with Gasteiger partial charge in [0.15, 0.2) is 0 Å². The number of imidazole rings is 1. The molecule has 0 aliphatic heterocycles. The number of anilines is 1. The van der Waals surface area contributed by atoms with Crippen molar-refractivity contribution in [3.8, 4) is 17.1 Å². The molecule has 0 saturated heterocycles. The van der Waals surface area contributed by atoms with Gasteiger partial charge in [-0.1, -0.05) is 44.2 Å². The summed E-state index contributed by atoms with van der Waals surface area (Å²) in [5.41, 5.74) is 5.91. The van der Waals surface area contributed by atoms with Gasteiger partial charge in [-0.15, -0.1) is 0 Å². The SMILES string of the molecule is CCc1cccc(CC)c1N(COC)C(=O)Cn1c(-c2ccc(OC)cc2)nc2ccccc21. The summed E-state index contributed by atoms with van der Waals surface area (Å²) in [5, 5.41) is 0. The van der Waals surface area contributed by atoms with Gasteiger partial charge < -0.3 is 14.0 Å². The third-order valence-electron chi connectivity index (χ3n) is 6.09. The molecule has 6 heteroatoms. The smallest absolute Gasteiger partial charge is 0.248 e. The molecule has 6 nitrogen and oxygen atoms in total. The number of para-hydroxylation sites is 3. The van der Waals surface area contributed by atoms with E-state index >= 15 is 0 Å². The highest BCUT2D eigenvalue weighted by Gasteiger charge is 2.23. The van der Waals surface area contributed by atoms with E-state index in [1.165, 1.54) is 0 Å². The van der Waals surface area contributed by atoms with Gasteiger partial charge in [0.25, 0.3) is 0 Å². The van der Waals surface area contributed by atoms with E-state index in [0.717, 1.165) is 57.8 Å². The standard InChI is InChI=1S/C28H31N3O3/c1-5-20-10-9-11-21(6-2)27(20)31(19-33-3)26(32)18-30-25-13-8-7-12-24(25)29-28(30)22-14-16-23(34-4)17-15-22/h7-17H,5-6,18-19H2,1-4H3. The first kappa shape index (κ1) is 23.5. The second-order valence-electron chi connectivity index (χ2n) is 8.11. The summed E-state index contributed by atoms with van der Waals surface area (Å²) in [6, 6.07) is 21.9. The minimum atomic E-state index is -0.0460. The number of hydrogen-bond acceptors (Lipinski definition) is 4. The van der Waals surface area contributed by atoms with Gasteiger partial charge in [-0.3, -0.25) is 9.69 Å². The van der Waals surface area contributed by atoms with E-state index in [1.54, 1.807) is 19.1 Å². The summed E-state index contributed by atoms with van der Waals surface area (Å²) >= 11 is 0. The molecule has 0 atom stereocenters. The lowest BCUT2D eigenvalue weighted by molar-refractivity contribution is -0.120. The highest BCUT2D eigenvalue weighted by Crippen LogP contribution is 2.30. The van der Waals surface area contributed by atoms with Crippen molar-refractivity contribution in [2.75, 3.05) is 25.9 Å². The Balaban J connectivity index is 1.79. The van der Waals surface area contributed by atoms with E-state index in [4.69, 9.17) is 14.5 Å². The zero-order valence-electron chi connectivity index (χ0n) is 20.2. The number of carbonyl (C=O) groups excluding carboxylic acids is 1. The van der Waals surface area contributed by atoms with Crippen molar-refractivity contribution in [1.82, 2.24) is 9.55 Å². The van der Waals surface area contributed by atoms with E-state index in [9.17, 15) is 4.79 Å². The minimum absolute atomic E-state index is 0.0460. The molecule has 0 unspecified atom stereocenters. The Morgan fingerprint density at radius 2 is 1.59 bits per heavy atom. The molecule has 176 valence electrons. The summed E-state index contributed by atoms with van der Waals surface area (Å²) in [6.45, 7) is 4.55. The van der Waals surface area contributed by atoms with Crippen LogP contribution < -0.4 is 9.64 Å². The van der Waals surface area contributed by atoms with Crippen molar-refractivity contribution in [3.05, 3.63) is 77.9 Å². The quantitative estimate of drug-likeness (QED) is 0.313. The fourth-order valence-corrected chi connectivity index (χ4v) is 4.37. The molecular weight excluding hydrogens is 426 g/mol. The molecule has 0 saturated carbocycles. The van der Waals surface area contributed by atoms with Crippen LogP contribution in [0.1, 0.15) is 25.0 Å². The van der Waals surface area contributed by atoms with Crippen LogP contribution in [-0.4, -0.2) is 36.4 Å². The first-order valence-corrected chi connectivity index (χ1v) is 11.6. The van der Waals surface area contributed by atoms with Gasteiger partial charge in [-0.25, -0.2) is 4.98 Å². The van der Waals surface area contributed by atoms with Crippen molar-refractivity contribution in [2.45, 2.75) is 33.2 Å². The molecule has 34 heavy (non-hydrogen) atoms. The molecule has 1 aromatic heterocycles.